The first-order chi connectivity index (χ1) is 11.6. The van der Waals surface area contributed by atoms with E-state index in [-0.39, 0.29) is 0 Å². The van der Waals surface area contributed by atoms with E-state index in [0.29, 0.717) is 13.2 Å². The van der Waals surface area contributed by atoms with Crippen molar-refractivity contribution in [2.24, 2.45) is 12.0 Å². The SMILES string of the molecule is CCNC(=NCc1cccc(COC)c1)N(C)Cc1cccn1C. The lowest BCUT2D eigenvalue weighted by atomic mass is 10.1. The molecule has 0 aliphatic heterocycles. The van der Waals surface area contributed by atoms with Crippen molar-refractivity contribution in [1.82, 2.24) is 14.8 Å². The van der Waals surface area contributed by atoms with Gasteiger partial charge < -0.3 is 19.5 Å². The van der Waals surface area contributed by atoms with Crippen LogP contribution in [0, 0.1) is 0 Å². The Balaban J connectivity index is 2.07. The zero-order valence-corrected chi connectivity index (χ0v) is 15.1. The normalized spacial score (nSPS) is 11.6. The van der Waals surface area contributed by atoms with Gasteiger partial charge in [0, 0.05) is 39.6 Å². The van der Waals surface area contributed by atoms with Crippen LogP contribution in [-0.2, 0) is 31.5 Å². The molecule has 0 amide bonds. The molecule has 2 aromatic rings. The molecule has 1 N–H and O–H groups in total. The zero-order valence-electron chi connectivity index (χ0n) is 15.1. The van der Waals surface area contributed by atoms with Gasteiger partial charge in [-0.3, -0.25) is 0 Å². The molecule has 0 saturated carbocycles. The Labute approximate surface area is 145 Å². The molecule has 0 radical (unpaired) electrons. The van der Waals surface area contributed by atoms with Gasteiger partial charge in [0.25, 0.3) is 0 Å². The van der Waals surface area contributed by atoms with Crippen LogP contribution in [0.1, 0.15) is 23.7 Å². The number of hydrogen-bond acceptors (Lipinski definition) is 2. The van der Waals surface area contributed by atoms with Crippen molar-refractivity contribution < 1.29 is 4.74 Å². The molecule has 0 unspecified atom stereocenters. The first-order valence-electron chi connectivity index (χ1n) is 8.30. The maximum absolute atomic E-state index is 5.20. The summed E-state index contributed by atoms with van der Waals surface area (Å²) in [6.07, 6.45) is 2.06. The van der Waals surface area contributed by atoms with Gasteiger partial charge in [-0.25, -0.2) is 4.99 Å². The molecule has 0 saturated heterocycles. The van der Waals surface area contributed by atoms with Gasteiger partial charge in [-0.1, -0.05) is 24.3 Å². The molecule has 5 nitrogen and oxygen atoms in total. The molecule has 0 aliphatic carbocycles. The van der Waals surface area contributed by atoms with Crippen molar-refractivity contribution in [3.8, 4) is 0 Å². The van der Waals surface area contributed by atoms with Gasteiger partial charge in [-0.05, 0) is 30.2 Å². The van der Waals surface area contributed by atoms with Crippen molar-refractivity contribution >= 4 is 5.96 Å². The van der Waals surface area contributed by atoms with Crippen LogP contribution in [-0.4, -0.2) is 36.1 Å². The Hall–Kier alpha value is -2.27. The molecule has 0 spiro atoms. The van der Waals surface area contributed by atoms with Crippen LogP contribution in [0.25, 0.3) is 0 Å². The van der Waals surface area contributed by atoms with Gasteiger partial charge in [0.1, 0.15) is 0 Å². The van der Waals surface area contributed by atoms with E-state index in [9.17, 15) is 0 Å². The average molecular weight is 328 g/mol. The predicted octanol–water partition coefficient (Wildman–Crippen LogP) is 2.77. The minimum atomic E-state index is 0.630. The Kier molecular flexibility index (Phi) is 6.88. The van der Waals surface area contributed by atoms with Gasteiger partial charge in [-0.2, -0.15) is 0 Å². The number of aromatic nitrogens is 1. The van der Waals surface area contributed by atoms with Gasteiger partial charge in [0.15, 0.2) is 5.96 Å². The van der Waals surface area contributed by atoms with E-state index < -0.39 is 0 Å². The molecular formula is C19H28N4O. The number of benzene rings is 1. The minimum absolute atomic E-state index is 0.630. The number of nitrogens with zero attached hydrogens (tertiary/aromatic N) is 3. The monoisotopic (exact) mass is 328 g/mol. The lowest BCUT2D eigenvalue weighted by Crippen LogP contribution is -2.38. The summed E-state index contributed by atoms with van der Waals surface area (Å²) in [7, 11) is 5.84. The molecule has 0 atom stereocenters. The van der Waals surface area contributed by atoms with Crippen LogP contribution >= 0.6 is 0 Å². The zero-order chi connectivity index (χ0) is 17.4. The molecule has 5 heteroatoms. The van der Waals surface area contributed by atoms with Gasteiger partial charge in [0.05, 0.1) is 19.7 Å². The molecule has 0 fully saturated rings. The van der Waals surface area contributed by atoms with Crippen molar-refractivity contribution in [3.63, 3.8) is 0 Å². The van der Waals surface area contributed by atoms with Crippen LogP contribution in [0.15, 0.2) is 47.6 Å². The fraction of sp³-hybridized carbons (Fsp3) is 0.421. The number of aliphatic imine (C=N–C) groups is 1. The number of hydrogen-bond donors (Lipinski definition) is 1. The molecule has 1 heterocycles. The molecule has 2 rings (SSSR count). The Morgan fingerprint density at radius 3 is 2.71 bits per heavy atom. The second-order valence-electron chi connectivity index (χ2n) is 5.89. The Morgan fingerprint density at radius 2 is 2.04 bits per heavy atom. The number of guanidine groups is 1. The predicted molar refractivity (Wildman–Crippen MR) is 98.9 cm³/mol. The molecule has 0 aliphatic rings. The van der Waals surface area contributed by atoms with Crippen LogP contribution in [0.2, 0.25) is 0 Å². The van der Waals surface area contributed by atoms with Gasteiger partial charge in [0.2, 0.25) is 0 Å². The number of nitrogens with one attached hydrogen (secondary N) is 1. The minimum Gasteiger partial charge on any atom is -0.380 e. The van der Waals surface area contributed by atoms with Crippen LogP contribution in [0.5, 0.6) is 0 Å². The van der Waals surface area contributed by atoms with Gasteiger partial charge in [-0.15, -0.1) is 0 Å². The third-order valence-corrected chi connectivity index (χ3v) is 3.86. The molecular weight excluding hydrogens is 300 g/mol. The lowest BCUT2D eigenvalue weighted by molar-refractivity contribution is 0.185. The van der Waals surface area contributed by atoms with Crippen molar-refractivity contribution in [3.05, 3.63) is 59.4 Å². The topological polar surface area (TPSA) is 41.8 Å². The van der Waals surface area contributed by atoms with Crippen molar-refractivity contribution in [2.45, 2.75) is 26.6 Å². The standard InChI is InChI=1S/C19H28N4O/c1-5-20-19(23(3)14-18-10-7-11-22(18)2)21-13-16-8-6-9-17(12-16)15-24-4/h6-12H,5,13-15H2,1-4H3,(H,20,21). The Morgan fingerprint density at radius 1 is 1.25 bits per heavy atom. The molecule has 1 aromatic heterocycles. The summed E-state index contributed by atoms with van der Waals surface area (Å²) in [5.41, 5.74) is 3.62. The highest BCUT2D eigenvalue weighted by atomic mass is 16.5. The van der Waals surface area contributed by atoms with Crippen molar-refractivity contribution in [2.75, 3.05) is 20.7 Å². The number of aryl methyl sites for hydroxylation is 1. The summed E-state index contributed by atoms with van der Waals surface area (Å²) >= 11 is 0. The van der Waals surface area contributed by atoms with E-state index in [0.717, 1.165) is 19.0 Å². The van der Waals surface area contributed by atoms with Gasteiger partial charge >= 0.3 is 0 Å². The van der Waals surface area contributed by atoms with Crippen LogP contribution < -0.4 is 5.32 Å². The molecule has 24 heavy (non-hydrogen) atoms. The van der Waals surface area contributed by atoms with Crippen LogP contribution in [0.3, 0.4) is 0 Å². The molecule has 130 valence electrons. The van der Waals surface area contributed by atoms with E-state index >= 15 is 0 Å². The second-order valence-corrected chi connectivity index (χ2v) is 5.89. The van der Waals surface area contributed by atoms with E-state index in [4.69, 9.17) is 9.73 Å². The summed E-state index contributed by atoms with van der Waals surface area (Å²) < 4.78 is 7.33. The van der Waals surface area contributed by atoms with E-state index in [2.05, 4.69) is 78.4 Å². The average Bonchev–Trinajstić information content (AvgIpc) is 2.97. The summed E-state index contributed by atoms with van der Waals surface area (Å²) in [6.45, 7) is 5.03. The maximum atomic E-state index is 5.20. The summed E-state index contributed by atoms with van der Waals surface area (Å²) in [4.78, 5) is 6.93. The number of methoxy groups -OCH3 is 1. The fourth-order valence-electron chi connectivity index (χ4n) is 2.60. The lowest BCUT2D eigenvalue weighted by Gasteiger charge is -2.22. The highest BCUT2D eigenvalue weighted by molar-refractivity contribution is 5.79. The summed E-state index contributed by atoms with van der Waals surface area (Å²) in [5, 5.41) is 3.37. The van der Waals surface area contributed by atoms with E-state index in [1.807, 2.05) is 0 Å². The van der Waals surface area contributed by atoms with E-state index in [1.54, 1.807) is 7.11 Å². The largest absolute Gasteiger partial charge is 0.380 e. The van der Waals surface area contributed by atoms with Crippen LogP contribution in [0.4, 0.5) is 0 Å². The highest BCUT2D eigenvalue weighted by Gasteiger charge is 2.08. The smallest absolute Gasteiger partial charge is 0.194 e. The first-order valence-corrected chi connectivity index (χ1v) is 8.30. The number of ether oxygens (including phenoxy) is 1. The fourth-order valence-corrected chi connectivity index (χ4v) is 2.60. The summed E-state index contributed by atoms with van der Waals surface area (Å²) in [5.74, 6) is 0.913. The first kappa shape index (κ1) is 18.1. The van der Waals surface area contributed by atoms with E-state index in [1.165, 1.54) is 16.8 Å². The third kappa shape index (κ3) is 5.13. The molecule has 1 aromatic carbocycles. The molecule has 0 bridgehead atoms. The second kappa shape index (κ2) is 9.13. The summed E-state index contributed by atoms with van der Waals surface area (Å²) in [6, 6.07) is 12.6. The number of rotatable bonds is 7. The highest BCUT2D eigenvalue weighted by Crippen LogP contribution is 2.09. The third-order valence-electron chi connectivity index (χ3n) is 3.86. The Bertz CT molecular complexity index is 663. The van der Waals surface area contributed by atoms with Crippen molar-refractivity contribution in [1.29, 1.82) is 0 Å². The maximum Gasteiger partial charge on any atom is 0.194 e. The quantitative estimate of drug-likeness (QED) is 0.628.